The van der Waals surface area contributed by atoms with E-state index in [0.717, 1.165) is 9.80 Å². The van der Waals surface area contributed by atoms with Crippen molar-refractivity contribution in [1.29, 1.82) is 0 Å². The molecule has 0 amide bonds. The van der Waals surface area contributed by atoms with Crippen molar-refractivity contribution in [3.63, 3.8) is 0 Å². The van der Waals surface area contributed by atoms with Crippen molar-refractivity contribution in [2.75, 3.05) is 52.4 Å². The Labute approximate surface area is 170 Å². The number of aliphatic carboxylic acids is 4. The van der Waals surface area contributed by atoms with Crippen LogP contribution in [0.3, 0.4) is 0 Å². The van der Waals surface area contributed by atoms with Gasteiger partial charge in [0.2, 0.25) is 0 Å². The van der Waals surface area contributed by atoms with Crippen LogP contribution >= 0.6 is 0 Å². The lowest BCUT2D eigenvalue weighted by Crippen LogP contribution is -2.51. The number of nitrogens with two attached hydrogens (primary N) is 1. The molecule has 16 nitrogen and oxygen atoms in total. The van der Waals surface area contributed by atoms with E-state index in [-0.39, 0.29) is 26.2 Å². The number of aliphatic hydroxyl groups excluding tert-OH is 1. The maximum atomic E-state index is 10.6. The van der Waals surface area contributed by atoms with Gasteiger partial charge in [-0.15, -0.1) is 0 Å². The molecule has 0 bridgehead atoms. The molecule has 11 N–H and O–H groups in total. The Kier molecular flexibility index (Phi) is 15.3. The number of rotatable bonds is 15. The van der Waals surface area contributed by atoms with Gasteiger partial charge in [-0.05, 0) is 0 Å². The molecule has 1 unspecified atom stereocenters. The monoisotopic (exact) mass is 444 g/mol. The summed E-state index contributed by atoms with van der Waals surface area (Å²) in [6, 6.07) is 0. The zero-order valence-corrected chi connectivity index (χ0v) is 15.9. The van der Waals surface area contributed by atoms with Gasteiger partial charge in [0.25, 0.3) is 0 Å². The average molecular weight is 444 g/mol. The quantitative estimate of drug-likeness (QED) is 0.105. The highest BCUT2D eigenvalue weighted by Crippen LogP contribution is 1.96. The van der Waals surface area contributed by atoms with E-state index >= 15 is 0 Å². The number of hydrogen-bond acceptors (Lipinski definition) is 12. The standard InChI is InChI=1S/C10H16N2O8.C4H12N2O4/c13-7(14)3-11(4-8(15)16)1-2-12(5-9(17)18)6-10(19)20;5-1-2-6-3(7)4(8,9)10/h1-6H2,(H,13,14)(H,15,16)(H,17,18)(H,19,20);3,6-10H,1-2,5H2. The maximum absolute atomic E-state index is 10.6. The zero-order valence-electron chi connectivity index (χ0n) is 15.9. The second-order valence-electron chi connectivity index (χ2n) is 5.83. The normalized spacial score (nSPS) is 12.2. The van der Waals surface area contributed by atoms with Crippen LogP contribution in [0.4, 0.5) is 0 Å². The van der Waals surface area contributed by atoms with Gasteiger partial charge >= 0.3 is 29.9 Å². The lowest BCUT2D eigenvalue weighted by atomic mass is 10.4. The van der Waals surface area contributed by atoms with Crippen LogP contribution in [0, 0.1) is 0 Å². The third kappa shape index (κ3) is 18.9. The van der Waals surface area contributed by atoms with Crippen LogP contribution in [0.2, 0.25) is 0 Å². The van der Waals surface area contributed by atoms with Crippen molar-refractivity contribution < 1.29 is 60.0 Å². The predicted octanol–water partition coefficient (Wildman–Crippen LogP) is -5.59. The summed E-state index contributed by atoms with van der Waals surface area (Å²) in [5, 5.41) is 70.0. The molecule has 0 saturated carbocycles. The molecule has 0 aromatic carbocycles. The highest BCUT2D eigenvalue weighted by molar-refractivity contribution is 5.73. The second-order valence-corrected chi connectivity index (χ2v) is 5.83. The van der Waals surface area contributed by atoms with Gasteiger partial charge in [-0.1, -0.05) is 0 Å². The van der Waals surface area contributed by atoms with E-state index in [1.165, 1.54) is 0 Å². The van der Waals surface area contributed by atoms with Crippen molar-refractivity contribution in [3.05, 3.63) is 0 Å². The van der Waals surface area contributed by atoms with Gasteiger partial charge in [0.05, 0.1) is 26.2 Å². The summed E-state index contributed by atoms with van der Waals surface area (Å²) in [4.78, 5) is 44.4. The van der Waals surface area contributed by atoms with Crippen molar-refractivity contribution in [1.82, 2.24) is 15.1 Å². The molecule has 0 spiro atoms. The third-order valence-electron chi connectivity index (χ3n) is 3.02. The molecular weight excluding hydrogens is 416 g/mol. The molecular formula is C14H28N4O12. The minimum absolute atomic E-state index is 0.0703. The van der Waals surface area contributed by atoms with E-state index in [1.54, 1.807) is 0 Å². The van der Waals surface area contributed by atoms with Crippen LogP contribution in [0.1, 0.15) is 0 Å². The molecule has 0 fully saturated rings. The summed E-state index contributed by atoms with van der Waals surface area (Å²) in [6.07, 6.45) is -1.80. The summed E-state index contributed by atoms with van der Waals surface area (Å²) in [5.41, 5.74) is 5.00. The first-order chi connectivity index (χ1) is 13.7. The molecule has 0 aromatic heterocycles. The summed E-state index contributed by atoms with van der Waals surface area (Å²) in [5.74, 6) is -8.01. The highest BCUT2D eigenvalue weighted by Gasteiger charge is 2.29. The van der Waals surface area contributed by atoms with Gasteiger partial charge in [0.15, 0.2) is 6.23 Å². The topological polar surface area (TPSA) is 275 Å². The average Bonchev–Trinajstić information content (AvgIpc) is 2.55. The van der Waals surface area contributed by atoms with E-state index in [2.05, 4.69) is 5.32 Å². The molecule has 30 heavy (non-hydrogen) atoms. The summed E-state index contributed by atoms with van der Waals surface area (Å²) in [7, 11) is 0. The smallest absolute Gasteiger partial charge is 0.317 e. The molecule has 0 radical (unpaired) electrons. The van der Waals surface area contributed by atoms with Crippen LogP contribution in [-0.4, -0.2) is 139 Å². The fraction of sp³-hybridized carbons (Fsp3) is 0.714. The van der Waals surface area contributed by atoms with Gasteiger partial charge in [0, 0.05) is 26.2 Å². The molecule has 176 valence electrons. The first-order valence-corrected chi connectivity index (χ1v) is 8.29. The molecule has 0 aliphatic rings. The fourth-order valence-corrected chi connectivity index (χ4v) is 1.83. The summed E-state index contributed by atoms with van der Waals surface area (Å²) >= 11 is 0. The van der Waals surface area contributed by atoms with Crippen molar-refractivity contribution in [2.45, 2.75) is 12.2 Å². The zero-order chi connectivity index (χ0) is 23.9. The second kappa shape index (κ2) is 15.4. The van der Waals surface area contributed by atoms with Crippen LogP contribution in [0.25, 0.3) is 0 Å². The minimum Gasteiger partial charge on any atom is -0.480 e. The molecule has 0 aliphatic carbocycles. The number of hydrogen-bond donors (Lipinski definition) is 10. The molecule has 0 rings (SSSR count). The van der Waals surface area contributed by atoms with Crippen LogP contribution < -0.4 is 11.1 Å². The SMILES string of the molecule is NCCNC(O)C(O)(O)O.O=C(O)CN(CCN(CC(=O)O)CC(=O)O)CC(=O)O. The molecule has 0 heterocycles. The number of aliphatic hydroxyl groups is 4. The molecule has 1 atom stereocenters. The Hall–Kier alpha value is -2.44. The number of carboxylic acid groups (broad SMARTS) is 4. The largest absolute Gasteiger partial charge is 0.480 e. The van der Waals surface area contributed by atoms with E-state index < -0.39 is 62.3 Å². The van der Waals surface area contributed by atoms with Crippen molar-refractivity contribution in [3.8, 4) is 0 Å². The van der Waals surface area contributed by atoms with Gasteiger partial charge in [-0.2, -0.15) is 0 Å². The van der Waals surface area contributed by atoms with E-state index in [9.17, 15) is 19.2 Å². The Morgan fingerprint density at radius 1 is 0.767 bits per heavy atom. The Morgan fingerprint density at radius 2 is 1.07 bits per heavy atom. The first kappa shape index (κ1) is 29.8. The van der Waals surface area contributed by atoms with Crippen LogP contribution in [0.5, 0.6) is 0 Å². The summed E-state index contributed by atoms with van der Waals surface area (Å²) < 4.78 is 0. The Morgan fingerprint density at radius 3 is 1.27 bits per heavy atom. The predicted molar refractivity (Wildman–Crippen MR) is 95.9 cm³/mol. The third-order valence-corrected chi connectivity index (χ3v) is 3.02. The highest BCUT2D eigenvalue weighted by atomic mass is 16.7. The van der Waals surface area contributed by atoms with Gasteiger partial charge in [0.1, 0.15) is 0 Å². The van der Waals surface area contributed by atoms with Gasteiger partial charge < -0.3 is 46.6 Å². The molecule has 0 aromatic rings. The summed E-state index contributed by atoms with van der Waals surface area (Å²) in [6.45, 7) is -1.84. The van der Waals surface area contributed by atoms with Crippen LogP contribution in [0.15, 0.2) is 0 Å². The molecule has 0 aliphatic heterocycles. The lowest BCUT2D eigenvalue weighted by Gasteiger charge is -2.23. The first-order valence-electron chi connectivity index (χ1n) is 8.29. The van der Waals surface area contributed by atoms with E-state index in [0.29, 0.717) is 0 Å². The number of nitrogens with zero attached hydrogens (tertiary/aromatic N) is 2. The lowest BCUT2D eigenvalue weighted by molar-refractivity contribution is -0.359. The van der Waals surface area contributed by atoms with Crippen LogP contribution in [-0.2, 0) is 19.2 Å². The molecule has 16 heteroatoms. The minimum atomic E-state index is -3.10. The van der Waals surface area contributed by atoms with Gasteiger partial charge in [-0.25, -0.2) is 0 Å². The Balaban J connectivity index is 0. The number of carbonyl (C=O) groups is 4. The van der Waals surface area contributed by atoms with Gasteiger partial charge in [-0.3, -0.25) is 34.3 Å². The van der Waals surface area contributed by atoms with E-state index in [1.807, 2.05) is 0 Å². The Bertz CT molecular complexity index is 486. The van der Waals surface area contributed by atoms with E-state index in [4.69, 9.17) is 46.6 Å². The van der Waals surface area contributed by atoms with Crippen molar-refractivity contribution in [2.24, 2.45) is 5.73 Å². The maximum Gasteiger partial charge on any atom is 0.317 e. The fourth-order valence-electron chi connectivity index (χ4n) is 1.83. The number of nitrogens with one attached hydrogen (secondary N) is 1. The molecule has 0 saturated heterocycles. The van der Waals surface area contributed by atoms with Crippen molar-refractivity contribution >= 4 is 23.9 Å². The number of carboxylic acids is 4.